The molecular formula is C33H23N3. The fraction of sp³-hybridized carbons (Fsp3) is 0. The summed E-state index contributed by atoms with van der Waals surface area (Å²) in [5, 5.41) is 3.50. The molecule has 4 aromatic carbocycles. The van der Waals surface area contributed by atoms with Gasteiger partial charge in [0.1, 0.15) is 0 Å². The van der Waals surface area contributed by atoms with E-state index in [0.29, 0.717) is 0 Å². The molecule has 6 aromatic rings. The van der Waals surface area contributed by atoms with Gasteiger partial charge in [-0.2, -0.15) is 0 Å². The van der Waals surface area contributed by atoms with Gasteiger partial charge in [-0.15, -0.1) is 0 Å². The molecule has 0 fully saturated rings. The monoisotopic (exact) mass is 461 g/mol. The van der Waals surface area contributed by atoms with Crippen LogP contribution in [0, 0.1) is 0 Å². The van der Waals surface area contributed by atoms with Crippen molar-refractivity contribution in [2.45, 2.75) is 0 Å². The number of allylic oxidation sites excluding steroid dienone is 4. The van der Waals surface area contributed by atoms with Crippen LogP contribution in [0.25, 0.3) is 49.5 Å². The van der Waals surface area contributed by atoms with Crippen molar-refractivity contribution in [2.24, 2.45) is 0 Å². The molecule has 36 heavy (non-hydrogen) atoms. The standard InChI is InChI=1S/C33H23N3/c1-22-10-7-8-21-36(24-12-3-2-4-13-24)30-20-18-26-25-14-9-15-27(32(25)35-33(26)31(22)30)29-19-17-23-11-5-6-16-28(23)34-29/h2-21,35H,1H2/b10-7-,21-8-. The van der Waals surface area contributed by atoms with Crippen molar-refractivity contribution >= 4 is 49.7 Å². The first-order chi connectivity index (χ1) is 17.8. The molecule has 0 unspecified atom stereocenters. The average molecular weight is 462 g/mol. The topological polar surface area (TPSA) is 31.9 Å². The van der Waals surface area contributed by atoms with E-state index in [9.17, 15) is 0 Å². The Labute approximate surface area is 209 Å². The highest BCUT2D eigenvalue weighted by Crippen LogP contribution is 2.42. The van der Waals surface area contributed by atoms with Gasteiger partial charge in [0.25, 0.3) is 0 Å². The molecule has 170 valence electrons. The highest BCUT2D eigenvalue weighted by atomic mass is 15.1. The van der Waals surface area contributed by atoms with Gasteiger partial charge in [0, 0.05) is 39.2 Å². The number of aromatic amines is 1. The quantitative estimate of drug-likeness (QED) is 0.279. The van der Waals surface area contributed by atoms with Crippen molar-refractivity contribution in [1.29, 1.82) is 0 Å². The number of nitrogens with one attached hydrogen (secondary N) is 1. The third-order valence-corrected chi connectivity index (χ3v) is 6.92. The van der Waals surface area contributed by atoms with E-state index in [1.165, 1.54) is 10.8 Å². The van der Waals surface area contributed by atoms with Gasteiger partial charge in [-0.25, -0.2) is 4.98 Å². The fourth-order valence-corrected chi connectivity index (χ4v) is 5.22. The number of rotatable bonds is 2. The molecule has 2 aromatic heterocycles. The summed E-state index contributed by atoms with van der Waals surface area (Å²) in [6.07, 6.45) is 8.29. The number of nitrogens with zero attached hydrogens (tertiary/aromatic N) is 2. The van der Waals surface area contributed by atoms with E-state index in [1.807, 2.05) is 24.3 Å². The molecule has 0 amide bonds. The molecule has 0 spiro atoms. The number of hydrogen-bond acceptors (Lipinski definition) is 2. The van der Waals surface area contributed by atoms with Crippen LogP contribution >= 0.6 is 0 Å². The fourth-order valence-electron chi connectivity index (χ4n) is 5.22. The van der Waals surface area contributed by atoms with Crippen LogP contribution in [-0.4, -0.2) is 9.97 Å². The summed E-state index contributed by atoms with van der Waals surface area (Å²) in [4.78, 5) is 11.0. The molecule has 0 saturated heterocycles. The molecule has 0 atom stereocenters. The molecule has 1 aliphatic heterocycles. The predicted octanol–water partition coefficient (Wildman–Crippen LogP) is 8.77. The maximum atomic E-state index is 4.98. The molecule has 1 aliphatic rings. The summed E-state index contributed by atoms with van der Waals surface area (Å²) >= 11 is 0. The van der Waals surface area contributed by atoms with Crippen LogP contribution in [0.15, 0.2) is 128 Å². The van der Waals surface area contributed by atoms with E-state index in [-0.39, 0.29) is 0 Å². The lowest BCUT2D eigenvalue weighted by atomic mass is 9.98. The van der Waals surface area contributed by atoms with Crippen molar-refractivity contribution in [2.75, 3.05) is 4.90 Å². The Morgan fingerprint density at radius 1 is 0.694 bits per heavy atom. The van der Waals surface area contributed by atoms with Gasteiger partial charge < -0.3 is 9.88 Å². The van der Waals surface area contributed by atoms with Crippen molar-refractivity contribution in [3.05, 3.63) is 134 Å². The first-order valence-electron chi connectivity index (χ1n) is 12.1. The highest BCUT2D eigenvalue weighted by Gasteiger charge is 2.20. The molecule has 0 saturated carbocycles. The minimum atomic E-state index is 0.960. The van der Waals surface area contributed by atoms with Gasteiger partial charge in [-0.3, -0.25) is 0 Å². The summed E-state index contributed by atoms with van der Waals surface area (Å²) in [6, 6.07) is 33.8. The number of anilines is 2. The molecule has 3 nitrogen and oxygen atoms in total. The first kappa shape index (κ1) is 20.5. The number of hydrogen-bond donors (Lipinski definition) is 1. The van der Waals surface area contributed by atoms with Crippen LogP contribution in [0.4, 0.5) is 11.4 Å². The molecule has 0 radical (unpaired) electrons. The van der Waals surface area contributed by atoms with Crippen LogP contribution < -0.4 is 4.90 Å². The van der Waals surface area contributed by atoms with E-state index in [2.05, 4.69) is 114 Å². The van der Waals surface area contributed by atoms with Crippen LogP contribution in [0.2, 0.25) is 0 Å². The summed E-state index contributed by atoms with van der Waals surface area (Å²) in [7, 11) is 0. The van der Waals surface area contributed by atoms with E-state index in [4.69, 9.17) is 4.98 Å². The zero-order chi connectivity index (χ0) is 24.1. The van der Waals surface area contributed by atoms with E-state index < -0.39 is 0 Å². The van der Waals surface area contributed by atoms with E-state index in [1.54, 1.807) is 0 Å². The molecule has 3 heterocycles. The predicted molar refractivity (Wildman–Crippen MR) is 152 cm³/mol. The number of benzene rings is 4. The molecule has 3 heteroatoms. The number of pyridine rings is 1. The Kier molecular flexibility index (Phi) is 4.61. The second kappa shape index (κ2) is 8.10. The SMILES string of the molecule is C=C1/C=C\C=C/N(c2ccccc2)c2ccc3c([nH]c4c(-c5ccc6ccccc6n5)cccc43)c21. The smallest absolute Gasteiger partial charge is 0.0730 e. The lowest BCUT2D eigenvalue weighted by molar-refractivity contribution is 1.27. The van der Waals surface area contributed by atoms with E-state index in [0.717, 1.165) is 55.7 Å². The summed E-state index contributed by atoms with van der Waals surface area (Å²) in [5.41, 5.74) is 9.49. The normalized spacial score (nSPS) is 15.1. The lowest BCUT2D eigenvalue weighted by Crippen LogP contribution is -2.11. The summed E-state index contributed by atoms with van der Waals surface area (Å²) in [5.74, 6) is 0. The number of H-pyrrole nitrogens is 1. The molecule has 7 rings (SSSR count). The Balaban J connectivity index is 1.50. The van der Waals surface area contributed by atoms with Gasteiger partial charge in [0.05, 0.1) is 27.9 Å². The number of fused-ring (bicyclic) bond motifs is 6. The molecule has 0 aliphatic carbocycles. The molecule has 1 N–H and O–H groups in total. The van der Waals surface area contributed by atoms with E-state index >= 15 is 0 Å². The molecule has 0 bridgehead atoms. The van der Waals surface area contributed by atoms with Crippen LogP contribution in [0.5, 0.6) is 0 Å². The van der Waals surface area contributed by atoms with Crippen LogP contribution in [0.1, 0.15) is 5.56 Å². The maximum Gasteiger partial charge on any atom is 0.0730 e. The first-order valence-corrected chi connectivity index (χ1v) is 12.1. The Hall–Kier alpha value is -4.89. The van der Waals surface area contributed by atoms with Crippen molar-refractivity contribution in [3.63, 3.8) is 0 Å². The van der Waals surface area contributed by atoms with Gasteiger partial charge in [-0.1, -0.05) is 85.5 Å². The second-order valence-electron chi connectivity index (χ2n) is 9.06. The highest BCUT2D eigenvalue weighted by molar-refractivity contribution is 6.16. The zero-order valence-electron chi connectivity index (χ0n) is 19.6. The van der Waals surface area contributed by atoms with Gasteiger partial charge >= 0.3 is 0 Å². The zero-order valence-corrected chi connectivity index (χ0v) is 19.6. The third kappa shape index (κ3) is 3.18. The molecular weight excluding hydrogens is 438 g/mol. The summed E-state index contributed by atoms with van der Waals surface area (Å²) < 4.78 is 0. The van der Waals surface area contributed by atoms with Gasteiger partial charge in [0.2, 0.25) is 0 Å². The average Bonchev–Trinajstić information content (AvgIpc) is 3.30. The van der Waals surface area contributed by atoms with Crippen LogP contribution in [0.3, 0.4) is 0 Å². The Bertz CT molecular complexity index is 1860. The Morgan fingerprint density at radius 2 is 1.53 bits per heavy atom. The largest absolute Gasteiger partial charge is 0.353 e. The minimum Gasteiger partial charge on any atom is -0.353 e. The van der Waals surface area contributed by atoms with Crippen molar-refractivity contribution in [3.8, 4) is 11.3 Å². The van der Waals surface area contributed by atoms with Crippen molar-refractivity contribution in [1.82, 2.24) is 9.97 Å². The van der Waals surface area contributed by atoms with Gasteiger partial charge in [-0.05, 0) is 42.0 Å². The third-order valence-electron chi connectivity index (χ3n) is 6.92. The Morgan fingerprint density at radius 3 is 2.44 bits per heavy atom. The minimum absolute atomic E-state index is 0.960. The number of para-hydroxylation sites is 3. The summed E-state index contributed by atoms with van der Waals surface area (Å²) in [6.45, 7) is 4.44. The van der Waals surface area contributed by atoms with Crippen molar-refractivity contribution < 1.29 is 0 Å². The van der Waals surface area contributed by atoms with Crippen LogP contribution in [-0.2, 0) is 0 Å². The second-order valence-corrected chi connectivity index (χ2v) is 9.06. The van der Waals surface area contributed by atoms with Gasteiger partial charge in [0.15, 0.2) is 0 Å². The lowest BCUT2D eigenvalue weighted by Gasteiger charge is -2.25. The maximum absolute atomic E-state index is 4.98. The number of aromatic nitrogens is 2.